The van der Waals surface area contributed by atoms with Gasteiger partial charge >= 0.3 is 5.97 Å². The maximum absolute atomic E-state index is 13.3. The molecule has 0 radical (unpaired) electrons. The second-order valence-electron chi connectivity index (χ2n) is 5.67. The van der Waals surface area contributed by atoms with E-state index in [1.54, 1.807) is 6.07 Å². The van der Waals surface area contributed by atoms with Gasteiger partial charge in [-0.25, -0.2) is 9.37 Å². The van der Waals surface area contributed by atoms with Gasteiger partial charge in [0.1, 0.15) is 11.6 Å². The zero-order valence-corrected chi connectivity index (χ0v) is 11.3. The molecule has 0 saturated heterocycles. The molecule has 1 unspecified atom stereocenters. The predicted octanol–water partition coefficient (Wildman–Crippen LogP) is 3.16. The third-order valence-electron chi connectivity index (χ3n) is 3.69. The molecule has 5 heteroatoms. The minimum absolute atomic E-state index is 0.0201. The van der Waals surface area contributed by atoms with Crippen LogP contribution in [0.2, 0.25) is 0 Å². The van der Waals surface area contributed by atoms with Crippen LogP contribution in [0.25, 0.3) is 11.0 Å². The first kappa shape index (κ1) is 13.1. The molecule has 0 bridgehead atoms. The lowest BCUT2D eigenvalue weighted by Gasteiger charge is -2.11. The second-order valence-corrected chi connectivity index (χ2v) is 5.67. The van der Waals surface area contributed by atoms with E-state index in [-0.39, 0.29) is 18.2 Å². The lowest BCUT2D eigenvalue weighted by atomic mass is 10.0. The largest absolute Gasteiger partial charge is 0.481 e. The van der Waals surface area contributed by atoms with E-state index >= 15 is 0 Å². The highest BCUT2D eigenvalue weighted by molar-refractivity contribution is 5.76. The number of hydrogen-bond donors (Lipinski definition) is 1. The van der Waals surface area contributed by atoms with Gasteiger partial charge in [-0.2, -0.15) is 0 Å². The topological polar surface area (TPSA) is 55.1 Å². The Balaban J connectivity index is 1.96. The number of aliphatic carboxylic acids is 1. The zero-order valence-electron chi connectivity index (χ0n) is 11.3. The molecule has 1 N–H and O–H groups in total. The molecule has 1 aromatic carbocycles. The molecule has 0 amide bonds. The van der Waals surface area contributed by atoms with Gasteiger partial charge in [0.2, 0.25) is 0 Å². The standard InChI is InChI=1S/C15H17FN2O2/c1-9(7-15(19)20)6-14-17-12-8-10(16)2-5-13(12)18(14)11-3-4-11/h2,5,8-9,11H,3-4,6-7H2,1H3,(H,19,20). The molecule has 1 aliphatic carbocycles. The Kier molecular flexibility index (Phi) is 3.20. The molecule has 0 aliphatic heterocycles. The van der Waals surface area contributed by atoms with E-state index in [4.69, 9.17) is 5.11 Å². The van der Waals surface area contributed by atoms with Gasteiger partial charge in [-0.15, -0.1) is 0 Å². The predicted molar refractivity (Wildman–Crippen MR) is 73.1 cm³/mol. The molecule has 106 valence electrons. The highest BCUT2D eigenvalue weighted by Gasteiger charge is 2.28. The number of imidazole rings is 1. The van der Waals surface area contributed by atoms with Crippen molar-refractivity contribution in [3.8, 4) is 0 Å². The molecule has 1 fully saturated rings. The molecular formula is C15H17FN2O2. The molecule has 2 aromatic rings. The molecule has 0 spiro atoms. The van der Waals surface area contributed by atoms with Crippen molar-refractivity contribution in [1.82, 2.24) is 9.55 Å². The van der Waals surface area contributed by atoms with Crippen molar-refractivity contribution in [2.24, 2.45) is 5.92 Å². The van der Waals surface area contributed by atoms with Gasteiger partial charge in [0, 0.05) is 24.9 Å². The number of benzene rings is 1. The summed E-state index contributed by atoms with van der Waals surface area (Å²) in [5, 5.41) is 8.85. The van der Waals surface area contributed by atoms with E-state index in [1.165, 1.54) is 12.1 Å². The maximum atomic E-state index is 13.3. The number of aromatic nitrogens is 2. The van der Waals surface area contributed by atoms with Crippen LogP contribution in [0.15, 0.2) is 18.2 Å². The highest BCUT2D eigenvalue weighted by Crippen LogP contribution is 2.39. The number of hydrogen-bond acceptors (Lipinski definition) is 2. The van der Waals surface area contributed by atoms with Crippen LogP contribution in [0.4, 0.5) is 4.39 Å². The van der Waals surface area contributed by atoms with Crippen molar-refractivity contribution in [2.75, 3.05) is 0 Å². The number of fused-ring (bicyclic) bond motifs is 1. The second kappa shape index (κ2) is 4.89. The first-order chi connectivity index (χ1) is 9.54. The van der Waals surface area contributed by atoms with Crippen molar-refractivity contribution in [3.63, 3.8) is 0 Å². The number of carbonyl (C=O) groups is 1. The lowest BCUT2D eigenvalue weighted by Crippen LogP contribution is -2.11. The Morgan fingerprint density at radius 1 is 1.55 bits per heavy atom. The van der Waals surface area contributed by atoms with Gasteiger partial charge in [-0.05, 0) is 30.9 Å². The smallest absolute Gasteiger partial charge is 0.303 e. The first-order valence-corrected chi connectivity index (χ1v) is 6.92. The molecule has 1 aliphatic rings. The number of carboxylic acid groups (broad SMARTS) is 1. The lowest BCUT2D eigenvalue weighted by molar-refractivity contribution is -0.137. The van der Waals surface area contributed by atoms with Crippen LogP contribution < -0.4 is 0 Å². The summed E-state index contributed by atoms with van der Waals surface area (Å²) in [4.78, 5) is 15.3. The Labute approximate surface area is 116 Å². The van der Waals surface area contributed by atoms with Crippen molar-refractivity contribution in [3.05, 3.63) is 29.8 Å². The summed E-state index contributed by atoms with van der Waals surface area (Å²) in [6.07, 6.45) is 2.97. The van der Waals surface area contributed by atoms with Gasteiger partial charge < -0.3 is 9.67 Å². The number of carboxylic acids is 1. The zero-order chi connectivity index (χ0) is 14.3. The Morgan fingerprint density at radius 2 is 2.30 bits per heavy atom. The van der Waals surface area contributed by atoms with Crippen LogP contribution in [0.5, 0.6) is 0 Å². The molecule has 1 saturated carbocycles. The fraction of sp³-hybridized carbons (Fsp3) is 0.467. The van der Waals surface area contributed by atoms with E-state index < -0.39 is 5.97 Å². The van der Waals surface area contributed by atoms with Crippen molar-refractivity contribution in [2.45, 2.75) is 38.6 Å². The van der Waals surface area contributed by atoms with Crippen molar-refractivity contribution in [1.29, 1.82) is 0 Å². The molecule has 4 nitrogen and oxygen atoms in total. The van der Waals surface area contributed by atoms with E-state index in [0.717, 1.165) is 24.2 Å². The maximum Gasteiger partial charge on any atom is 0.303 e. The Morgan fingerprint density at radius 3 is 2.95 bits per heavy atom. The van der Waals surface area contributed by atoms with E-state index in [1.807, 2.05) is 6.92 Å². The van der Waals surface area contributed by atoms with Crippen LogP contribution in [0, 0.1) is 11.7 Å². The molecule has 3 rings (SSSR count). The normalized spacial score (nSPS) is 16.5. The summed E-state index contributed by atoms with van der Waals surface area (Å²) in [7, 11) is 0. The summed E-state index contributed by atoms with van der Waals surface area (Å²) in [6, 6.07) is 5.10. The summed E-state index contributed by atoms with van der Waals surface area (Å²) in [5.74, 6) is -0.186. The third kappa shape index (κ3) is 2.53. The summed E-state index contributed by atoms with van der Waals surface area (Å²) in [5.41, 5.74) is 1.61. The van der Waals surface area contributed by atoms with E-state index in [0.29, 0.717) is 18.0 Å². The number of rotatable bonds is 5. The monoisotopic (exact) mass is 276 g/mol. The first-order valence-electron chi connectivity index (χ1n) is 6.92. The van der Waals surface area contributed by atoms with Crippen LogP contribution in [0.3, 0.4) is 0 Å². The number of nitrogens with zero attached hydrogens (tertiary/aromatic N) is 2. The van der Waals surface area contributed by atoms with E-state index in [9.17, 15) is 9.18 Å². The van der Waals surface area contributed by atoms with Crippen molar-refractivity contribution < 1.29 is 14.3 Å². The van der Waals surface area contributed by atoms with Crippen LogP contribution >= 0.6 is 0 Å². The van der Waals surface area contributed by atoms with Crippen molar-refractivity contribution >= 4 is 17.0 Å². The molecule has 1 atom stereocenters. The van der Waals surface area contributed by atoms with Crippen LogP contribution in [-0.4, -0.2) is 20.6 Å². The quantitative estimate of drug-likeness (QED) is 0.912. The Bertz CT molecular complexity index is 661. The van der Waals surface area contributed by atoms with Crippen LogP contribution in [-0.2, 0) is 11.2 Å². The third-order valence-corrected chi connectivity index (χ3v) is 3.69. The van der Waals surface area contributed by atoms with Gasteiger partial charge in [-0.3, -0.25) is 4.79 Å². The molecular weight excluding hydrogens is 259 g/mol. The summed E-state index contributed by atoms with van der Waals surface area (Å²) < 4.78 is 15.5. The van der Waals surface area contributed by atoms with Gasteiger partial charge in [0.25, 0.3) is 0 Å². The highest BCUT2D eigenvalue weighted by atomic mass is 19.1. The summed E-state index contributed by atoms with van der Waals surface area (Å²) >= 11 is 0. The minimum Gasteiger partial charge on any atom is -0.481 e. The van der Waals surface area contributed by atoms with E-state index in [2.05, 4.69) is 9.55 Å². The average Bonchev–Trinajstić information content (AvgIpc) is 3.10. The van der Waals surface area contributed by atoms with Crippen LogP contribution in [0.1, 0.15) is 38.1 Å². The SMILES string of the molecule is CC(CC(=O)O)Cc1nc2cc(F)ccc2n1C1CC1. The Hall–Kier alpha value is -1.91. The molecule has 20 heavy (non-hydrogen) atoms. The average molecular weight is 276 g/mol. The number of halogens is 1. The molecule has 1 heterocycles. The van der Waals surface area contributed by atoms with Gasteiger partial charge in [-0.1, -0.05) is 6.92 Å². The fourth-order valence-corrected chi connectivity index (χ4v) is 2.69. The summed E-state index contributed by atoms with van der Waals surface area (Å²) in [6.45, 7) is 1.91. The fourth-order valence-electron chi connectivity index (χ4n) is 2.69. The minimum atomic E-state index is -0.794. The van der Waals surface area contributed by atoms with Gasteiger partial charge in [0.15, 0.2) is 0 Å². The molecule has 1 aromatic heterocycles. The van der Waals surface area contributed by atoms with Gasteiger partial charge in [0.05, 0.1) is 11.0 Å².